The summed E-state index contributed by atoms with van der Waals surface area (Å²) in [7, 11) is -8.07. The summed E-state index contributed by atoms with van der Waals surface area (Å²) >= 11 is 6.83. The number of carbonyl (C=O) groups is 1. The normalized spacial score (nSPS) is 18.3. The van der Waals surface area contributed by atoms with Crippen LogP contribution in [-0.2, 0) is 24.8 Å². The Morgan fingerprint density at radius 3 is 2.42 bits per heavy atom. The number of halogens is 1. The van der Waals surface area contributed by atoms with Gasteiger partial charge < -0.3 is 9.80 Å². The van der Waals surface area contributed by atoms with Crippen LogP contribution in [0.25, 0.3) is 11.3 Å². The van der Waals surface area contributed by atoms with Crippen molar-refractivity contribution in [3.63, 3.8) is 0 Å². The van der Waals surface area contributed by atoms with Gasteiger partial charge in [-0.05, 0) is 42.7 Å². The highest BCUT2D eigenvalue weighted by Crippen LogP contribution is 2.43. The lowest BCUT2D eigenvalue weighted by Gasteiger charge is -2.42. The van der Waals surface area contributed by atoms with Crippen LogP contribution in [0.3, 0.4) is 0 Å². The number of aromatic nitrogens is 1. The number of pyridine rings is 1. The van der Waals surface area contributed by atoms with Gasteiger partial charge in [-0.1, -0.05) is 68.4 Å². The second-order valence-electron chi connectivity index (χ2n) is 10.9. The molecule has 2 aromatic carbocycles. The highest BCUT2D eigenvalue weighted by molar-refractivity contribution is 7.92. The first-order valence-electron chi connectivity index (χ1n) is 13.7. The fourth-order valence-corrected chi connectivity index (χ4v) is 7.91. The number of benzene rings is 2. The molecule has 1 fully saturated rings. The summed E-state index contributed by atoms with van der Waals surface area (Å²) in [6.07, 6.45) is 2.35. The Bertz CT molecular complexity index is 1880. The summed E-state index contributed by atoms with van der Waals surface area (Å²) in [6.45, 7) is 10.3. The van der Waals surface area contributed by atoms with Gasteiger partial charge in [-0.25, -0.2) is 17.7 Å². The minimum Gasteiger partial charge on any atom is -0.349 e. The van der Waals surface area contributed by atoms with E-state index in [1.54, 1.807) is 41.3 Å². The van der Waals surface area contributed by atoms with Gasteiger partial charge in [-0.2, -0.15) is 8.42 Å². The summed E-state index contributed by atoms with van der Waals surface area (Å²) < 4.78 is 59.0. The zero-order valence-corrected chi connectivity index (χ0v) is 26.6. The molecule has 0 spiro atoms. The van der Waals surface area contributed by atoms with Gasteiger partial charge in [0.2, 0.25) is 5.91 Å². The van der Waals surface area contributed by atoms with Crippen LogP contribution in [0.2, 0.25) is 5.02 Å². The highest BCUT2D eigenvalue weighted by atomic mass is 35.5. The molecule has 0 unspecified atom stereocenters. The second kappa shape index (κ2) is 11.4. The van der Waals surface area contributed by atoms with Gasteiger partial charge in [0.25, 0.3) is 0 Å². The molecule has 3 heterocycles. The van der Waals surface area contributed by atoms with Crippen molar-refractivity contribution in [1.29, 1.82) is 0 Å². The van der Waals surface area contributed by atoms with Crippen LogP contribution >= 0.6 is 11.6 Å². The van der Waals surface area contributed by atoms with E-state index in [-0.39, 0.29) is 50.7 Å². The molecule has 43 heavy (non-hydrogen) atoms. The van der Waals surface area contributed by atoms with Gasteiger partial charge in [0, 0.05) is 37.5 Å². The van der Waals surface area contributed by atoms with Crippen LogP contribution in [0.5, 0.6) is 0 Å². The summed E-state index contributed by atoms with van der Waals surface area (Å²) in [5.74, 6) is -0.0321. The maximum atomic E-state index is 14.1. The summed E-state index contributed by atoms with van der Waals surface area (Å²) in [6, 6.07) is 14.7. The van der Waals surface area contributed by atoms with Gasteiger partial charge in [0.05, 0.1) is 26.9 Å². The number of amides is 1. The number of fused-ring (bicyclic) bond motifs is 1. The highest BCUT2D eigenvalue weighted by Gasteiger charge is 2.40. The lowest BCUT2D eigenvalue weighted by atomic mass is 10.0. The first kappa shape index (κ1) is 30.7. The van der Waals surface area contributed by atoms with E-state index < -0.39 is 20.0 Å². The molecule has 13 heteroatoms. The molecule has 2 aliphatic heterocycles. The predicted octanol–water partition coefficient (Wildman–Crippen LogP) is 4.79. The molecule has 226 valence electrons. The average molecular weight is 642 g/mol. The number of anilines is 2. The monoisotopic (exact) mass is 641 g/mol. The lowest BCUT2D eigenvalue weighted by Crippen LogP contribution is -2.56. The standard InChI is InChI=1S/C30H32ClN5O5S2/c1-6-27(37)34-15-16-35(20(4)18-34)30-23-17-24(31)28(22-12-8-10-14-26(22)42(5,38)39)32-29(23)36(43(40,41)33-30)25-13-9-7-11-21(25)19(2)3/h6-14,17,19-20H,1,15-16,18H2,2-5H3/t20-/m0/s1. The number of sulfone groups is 1. The van der Waals surface area contributed by atoms with Crippen molar-refractivity contribution in [2.24, 2.45) is 4.40 Å². The van der Waals surface area contributed by atoms with Crippen molar-refractivity contribution in [2.75, 3.05) is 30.2 Å². The van der Waals surface area contributed by atoms with Crippen molar-refractivity contribution in [3.05, 3.63) is 83.4 Å². The summed E-state index contributed by atoms with van der Waals surface area (Å²) in [4.78, 5) is 20.6. The number of nitrogens with zero attached hydrogens (tertiary/aromatic N) is 5. The Hall–Kier alpha value is -3.74. The minimum absolute atomic E-state index is 0.0164. The zero-order chi connectivity index (χ0) is 31.3. The van der Waals surface area contributed by atoms with Crippen LogP contribution in [0.4, 0.5) is 11.5 Å². The SMILES string of the molecule is C=CC(=O)N1CCN(C2=NS(=O)(=O)N(c3ccccc3C(C)C)c3nc(-c4ccccc4S(C)(=O)=O)c(Cl)cc32)[C@@H](C)C1. The molecule has 1 atom stereocenters. The first-order valence-corrected chi connectivity index (χ1v) is 17.3. The molecule has 0 saturated carbocycles. The van der Waals surface area contributed by atoms with E-state index >= 15 is 0 Å². The quantitative estimate of drug-likeness (QED) is 0.367. The maximum absolute atomic E-state index is 14.1. The first-order chi connectivity index (χ1) is 20.2. The molecule has 2 aliphatic rings. The predicted molar refractivity (Wildman–Crippen MR) is 169 cm³/mol. The van der Waals surface area contributed by atoms with E-state index in [1.165, 1.54) is 12.1 Å². The van der Waals surface area contributed by atoms with Crippen LogP contribution in [0.1, 0.15) is 37.8 Å². The Morgan fingerprint density at radius 1 is 1.09 bits per heavy atom. The molecule has 5 rings (SSSR count). The molecule has 1 aromatic heterocycles. The van der Waals surface area contributed by atoms with Gasteiger partial charge in [-0.3, -0.25) is 4.79 Å². The number of para-hydroxylation sites is 1. The molecule has 1 amide bonds. The molecule has 0 N–H and O–H groups in total. The van der Waals surface area contributed by atoms with Crippen molar-refractivity contribution in [1.82, 2.24) is 14.8 Å². The molecule has 1 saturated heterocycles. The van der Waals surface area contributed by atoms with Crippen LogP contribution in [0, 0.1) is 0 Å². The van der Waals surface area contributed by atoms with Crippen molar-refractivity contribution in [2.45, 2.75) is 37.6 Å². The third kappa shape index (κ3) is 5.66. The van der Waals surface area contributed by atoms with Gasteiger partial charge in [0.1, 0.15) is 0 Å². The van der Waals surface area contributed by atoms with E-state index in [9.17, 15) is 21.6 Å². The van der Waals surface area contributed by atoms with Crippen LogP contribution in [0.15, 0.2) is 76.5 Å². The minimum atomic E-state index is -4.39. The number of amidine groups is 1. The molecule has 0 bridgehead atoms. The zero-order valence-electron chi connectivity index (χ0n) is 24.2. The Morgan fingerprint density at radius 2 is 1.77 bits per heavy atom. The fraction of sp³-hybridized carbons (Fsp3) is 0.300. The molecular formula is C30H32ClN5O5S2. The summed E-state index contributed by atoms with van der Waals surface area (Å²) in [5, 5.41) is 0.132. The largest absolute Gasteiger partial charge is 0.352 e. The van der Waals surface area contributed by atoms with Crippen molar-refractivity contribution in [3.8, 4) is 11.3 Å². The third-order valence-electron chi connectivity index (χ3n) is 7.53. The Balaban J connectivity index is 1.77. The summed E-state index contributed by atoms with van der Waals surface area (Å²) in [5.41, 5.74) is 1.89. The van der Waals surface area contributed by atoms with E-state index in [4.69, 9.17) is 16.6 Å². The number of piperazine rings is 1. The molecule has 10 nitrogen and oxygen atoms in total. The molecule has 0 radical (unpaired) electrons. The van der Waals surface area contributed by atoms with Gasteiger partial charge >= 0.3 is 10.2 Å². The van der Waals surface area contributed by atoms with Crippen LogP contribution < -0.4 is 4.31 Å². The van der Waals surface area contributed by atoms with E-state index in [0.29, 0.717) is 30.9 Å². The average Bonchev–Trinajstić information content (AvgIpc) is 2.95. The molecular weight excluding hydrogens is 610 g/mol. The second-order valence-corrected chi connectivity index (χ2v) is 14.7. The molecule has 3 aromatic rings. The third-order valence-corrected chi connectivity index (χ3v) is 10.2. The fourth-order valence-electron chi connectivity index (χ4n) is 5.49. The topological polar surface area (TPSA) is 120 Å². The number of hydrogen-bond donors (Lipinski definition) is 0. The molecule has 0 aliphatic carbocycles. The number of rotatable bonds is 5. The number of carbonyl (C=O) groups excluding carboxylic acids is 1. The van der Waals surface area contributed by atoms with Crippen molar-refractivity contribution >= 4 is 54.9 Å². The maximum Gasteiger partial charge on any atom is 0.352 e. The van der Waals surface area contributed by atoms with E-state index in [0.717, 1.165) is 16.1 Å². The van der Waals surface area contributed by atoms with Crippen molar-refractivity contribution < 1.29 is 21.6 Å². The van der Waals surface area contributed by atoms with Crippen LogP contribution in [-0.4, -0.2) is 75.3 Å². The Kier molecular flexibility index (Phi) is 8.14. The van der Waals surface area contributed by atoms with E-state index in [1.807, 2.05) is 37.8 Å². The van der Waals surface area contributed by atoms with E-state index in [2.05, 4.69) is 11.0 Å². The van der Waals surface area contributed by atoms with Gasteiger partial charge in [0.15, 0.2) is 21.5 Å². The smallest absolute Gasteiger partial charge is 0.349 e. The number of hydrogen-bond acceptors (Lipinski definition) is 7. The van der Waals surface area contributed by atoms with Gasteiger partial charge in [-0.15, -0.1) is 4.40 Å². The Labute approximate surface area is 257 Å². The lowest BCUT2D eigenvalue weighted by molar-refractivity contribution is -0.128.